The van der Waals surface area contributed by atoms with Gasteiger partial charge in [-0.1, -0.05) is 12.1 Å². The summed E-state index contributed by atoms with van der Waals surface area (Å²) in [5.74, 6) is 1.02. The van der Waals surface area contributed by atoms with Crippen LogP contribution < -0.4 is 10.1 Å². The summed E-state index contributed by atoms with van der Waals surface area (Å²) in [5, 5.41) is 3.28. The minimum atomic E-state index is 0.216. The molecule has 4 nitrogen and oxygen atoms in total. The standard InChI is InChI=1S/C14H21NO3/c1-15-13(10-17-8-7-16-2)11-3-4-14-12(9-11)5-6-18-14/h3-4,9,13,15H,5-8,10H2,1-2H3. The smallest absolute Gasteiger partial charge is 0.122 e. The molecule has 0 aliphatic carbocycles. The van der Waals surface area contributed by atoms with Crippen molar-refractivity contribution in [1.29, 1.82) is 0 Å². The molecular formula is C14H21NO3. The Morgan fingerprint density at radius 3 is 3.06 bits per heavy atom. The van der Waals surface area contributed by atoms with Gasteiger partial charge in [-0.05, 0) is 24.2 Å². The fraction of sp³-hybridized carbons (Fsp3) is 0.571. The van der Waals surface area contributed by atoms with Gasteiger partial charge in [-0.3, -0.25) is 0 Å². The molecule has 1 aliphatic heterocycles. The van der Waals surface area contributed by atoms with Crippen molar-refractivity contribution in [2.45, 2.75) is 12.5 Å². The highest BCUT2D eigenvalue weighted by molar-refractivity contribution is 5.40. The number of likely N-dealkylation sites (N-methyl/N-ethyl adjacent to an activating group) is 1. The molecule has 0 fully saturated rings. The molecule has 0 radical (unpaired) electrons. The van der Waals surface area contributed by atoms with E-state index in [4.69, 9.17) is 14.2 Å². The third-order valence-corrected chi connectivity index (χ3v) is 3.18. The van der Waals surface area contributed by atoms with E-state index in [9.17, 15) is 0 Å². The first-order chi connectivity index (χ1) is 8.85. The van der Waals surface area contributed by atoms with Crippen LogP contribution in [0.1, 0.15) is 17.2 Å². The number of hydrogen-bond acceptors (Lipinski definition) is 4. The van der Waals surface area contributed by atoms with E-state index in [0.717, 1.165) is 18.8 Å². The number of methoxy groups -OCH3 is 1. The van der Waals surface area contributed by atoms with E-state index in [-0.39, 0.29) is 6.04 Å². The molecule has 2 rings (SSSR count). The lowest BCUT2D eigenvalue weighted by Crippen LogP contribution is -2.22. The molecule has 100 valence electrons. The van der Waals surface area contributed by atoms with Crippen LogP contribution in [0.5, 0.6) is 5.75 Å². The summed E-state index contributed by atoms with van der Waals surface area (Å²) in [6, 6.07) is 6.58. The minimum Gasteiger partial charge on any atom is -0.493 e. The van der Waals surface area contributed by atoms with E-state index in [1.165, 1.54) is 11.1 Å². The third-order valence-electron chi connectivity index (χ3n) is 3.18. The lowest BCUT2D eigenvalue weighted by Gasteiger charge is -2.17. The second-order valence-electron chi connectivity index (χ2n) is 4.37. The zero-order valence-electron chi connectivity index (χ0n) is 11.1. The van der Waals surface area contributed by atoms with Crippen molar-refractivity contribution in [3.05, 3.63) is 29.3 Å². The predicted octanol–water partition coefficient (Wildman–Crippen LogP) is 1.54. The molecule has 1 aromatic rings. The molecule has 4 heteroatoms. The lowest BCUT2D eigenvalue weighted by atomic mass is 10.0. The Bertz CT molecular complexity index is 381. The fourth-order valence-electron chi connectivity index (χ4n) is 2.11. The molecule has 0 amide bonds. The van der Waals surface area contributed by atoms with Gasteiger partial charge in [0.2, 0.25) is 0 Å². The molecule has 1 aliphatic rings. The molecule has 0 aromatic heterocycles. The van der Waals surface area contributed by atoms with Gasteiger partial charge in [-0.15, -0.1) is 0 Å². The van der Waals surface area contributed by atoms with Crippen molar-refractivity contribution in [3.8, 4) is 5.75 Å². The van der Waals surface area contributed by atoms with Crippen molar-refractivity contribution in [2.24, 2.45) is 0 Å². The summed E-state index contributed by atoms with van der Waals surface area (Å²) in [7, 11) is 3.63. The van der Waals surface area contributed by atoms with Crippen LogP contribution in [-0.2, 0) is 15.9 Å². The quantitative estimate of drug-likeness (QED) is 0.746. The molecule has 1 N–H and O–H groups in total. The Balaban J connectivity index is 1.94. The summed E-state index contributed by atoms with van der Waals surface area (Å²) in [6.07, 6.45) is 1.00. The van der Waals surface area contributed by atoms with Crippen LogP contribution in [0.2, 0.25) is 0 Å². The molecular weight excluding hydrogens is 230 g/mol. The maximum Gasteiger partial charge on any atom is 0.122 e. The van der Waals surface area contributed by atoms with E-state index >= 15 is 0 Å². The lowest BCUT2D eigenvalue weighted by molar-refractivity contribution is 0.0596. The normalized spacial score (nSPS) is 15.2. The topological polar surface area (TPSA) is 39.7 Å². The maximum absolute atomic E-state index is 5.58. The number of nitrogens with one attached hydrogen (secondary N) is 1. The number of rotatable bonds is 7. The number of fused-ring (bicyclic) bond motifs is 1. The van der Waals surface area contributed by atoms with E-state index in [1.807, 2.05) is 7.05 Å². The zero-order valence-corrected chi connectivity index (χ0v) is 11.1. The molecule has 1 unspecified atom stereocenters. The summed E-state index contributed by atoms with van der Waals surface area (Å²) in [4.78, 5) is 0. The highest BCUT2D eigenvalue weighted by atomic mass is 16.5. The van der Waals surface area contributed by atoms with Crippen LogP contribution in [0.4, 0.5) is 0 Å². The second-order valence-corrected chi connectivity index (χ2v) is 4.37. The van der Waals surface area contributed by atoms with E-state index in [1.54, 1.807) is 7.11 Å². The van der Waals surface area contributed by atoms with Crippen LogP contribution in [0.3, 0.4) is 0 Å². The van der Waals surface area contributed by atoms with Crippen LogP contribution in [0.15, 0.2) is 18.2 Å². The minimum absolute atomic E-state index is 0.216. The Kier molecular flexibility index (Phi) is 4.99. The first-order valence-electron chi connectivity index (χ1n) is 6.34. The largest absolute Gasteiger partial charge is 0.493 e. The van der Waals surface area contributed by atoms with Gasteiger partial charge in [0.05, 0.1) is 32.5 Å². The molecule has 0 bridgehead atoms. The van der Waals surface area contributed by atoms with Crippen molar-refractivity contribution in [2.75, 3.05) is 40.6 Å². The molecule has 18 heavy (non-hydrogen) atoms. The molecule has 1 aromatic carbocycles. The SMILES string of the molecule is CNC(COCCOC)c1ccc2c(c1)CCO2. The van der Waals surface area contributed by atoms with Crippen molar-refractivity contribution < 1.29 is 14.2 Å². The van der Waals surface area contributed by atoms with Crippen LogP contribution in [0, 0.1) is 0 Å². The van der Waals surface area contributed by atoms with Gasteiger partial charge in [0, 0.05) is 13.5 Å². The molecule has 0 saturated heterocycles. The predicted molar refractivity (Wildman–Crippen MR) is 70.1 cm³/mol. The van der Waals surface area contributed by atoms with Gasteiger partial charge in [0.1, 0.15) is 5.75 Å². The Morgan fingerprint density at radius 1 is 1.39 bits per heavy atom. The molecule has 1 heterocycles. The first-order valence-corrected chi connectivity index (χ1v) is 6.34. The van der Waals surface area contributed by atoms with E-state index in [0.29, 0.717) is 19.8 Å². The summed E-state index contributed by atoms with van der Waals surface area (Å²) in [5.41, 5.74) is 2.55. The Labute approximate surface area is 108 Å². The average molecular weight is 251 g/mol. The second kappa shape index (κ2) is 6.73. The number of ether oxygens (including phenoxy) is 3. The van der Waals surface area contributed by atoms with E-state index < -0.39 is 0 Å². The van der Waals surface area contributed by atoms with Gasteiger partial charge in [0.25, 0.3) is 0 Å². The van der Waals surface area contributed by atoms with Gasteiger partial charge in [-0.25, -0.2) is 0 Å². The fourth-order valence-corrected chi connectivity index (χ4v) is 2.11. The molecule has 0 spiro atoms. The van der Waals surface area contributed by atoms with Crippen molar-refractivity contribution in [1.82, 2.24) is 5.32 Å². The van der Waals surface area contributed by atoms with Gasteiger partial charge in [0.15, 0.2) is 0 Å². The summed E-state index contributed by atoms with van der Waals surface area (Å²) < 4.78 is 16.1. The van der Waals surface area contributed by atoms with Crippen molar-refractivity contribution in [3.63, 3.8) is 0 Å². The van der Waals surface area contributed by atoms with E-state index in [2.05, 4.69) is 23.5 Å². The average Bonchev–Trinajstić information content (AvgIpc) is 2.86. The van der Waals surface area contributed by atoms with Gasteiger partial charge >= 0.3 is 0 Å². The number of hydrogen-bond donors (Lipinski definition) is 1. The Hall–Kier alpha value is -1.10. The van der Waals surface area contributed by atoms with Crippen LogP contribution >= 0.6 is 0 Å². The molecule has 1 atom stereocenters. The monoisotopic (exact) mass is 251 g/mol. The summed E-state index contributed by atoms with van der Waals surface area (Å²) in [6.45, 7) is 2.71. The summed E-state index contributed by atoms with van der Waals surface area (Å²) >= 11 is 0. The maximum atomic E-state index is 5.58. The highest BCUT2D eigenvalue weighted by Gasteiger charge is 2.16. The number of benzene rings is 1. The van der Waals surface area contributed by atoms with Crippen LogP contribution in [0.25, 0.3) is 0 Å². The Morgan fingerprint density at radius 2 is 2.28 bits per heavy atom. The van der Waals surface area contributed by atoms with Gasteiger partial charge < -0.3 is 19.5 Å². The highest BCUT2D eigenvalue weighted by Crippen LogP contribution is 2.28. The zero-order chi connectivity index (χ0) is 12.8. The van der Waals surface area contributed by atoms with Crippen molar-refractivity contribution >= 4 is 0 Å². The first kappa shape index (κ1) is 13.3. The third kappa shape index (κ3) is 3.22. The van der Waals surface area contributed by atoms with Gasteiger partial charge in [-0.2, -0.15) is 0 Å². The van der Waals surface area contributed by atoms with Crippen LogP contribution in [-0.4, -0.2) is 40.6 Å². The molecule has 0 saturated carbocycles.